The van der Waals surface area contributed by atoms with E-state index in [1.807, 2.05) is 0 Å². The normalized spacial score (nSPS) is 21.5. The summed E-state index contributed by atoms with van der Waals surface area (Å²) in [6.07, 6.45) is 4.57. The van der Waals surface area contributed by atoms with Gasteiger partial charge in [0.1, 0.15) is 5.75 Å². The third-order valence-corrected chi connectivity index (χ3v) is 5.57. The number of methoxy groups -OCH3 is 1. The zero-order valence-electron chi connectivity index (χ0n) is 15.1. The average Bonchev–Trinajstić information content (AvgIpc) is 3.10. The maximum Gasteiger partial charge on any atom is 0.123 e. The molecule has 0 radical (unpaired) electrons. The van der Waals surface area contributed by atoms with Gasteiger partial charge in [-0.15, -0.1) is 0 Å². The van der Waals surface area contributed by atoms with E-state index in [2.05, 4.69) is 41.0 Å². The Labute approximate surface area is 146 Å². The van der Waals surface area contributed by atoms with E-state index < -0.39 is 0 Å². The molecule has 0 bridgehead atoms. The molecule has 0 saturated carbocycles. The second-order valence-corrected chi connectivity index (χ2v) is 7.58. The van der Waals surface area contributed by atoms with Gasteiger partial charge in [-0.05, 0) is 76.5 Å². The van der Waals surface area contributed by atoms with Crippen molar-refractivity contribution in [3.05, 3.63) is 29.3 Å². The minimum Gasteiger partial charge on any atom is -0.496 e. The van der Waals surface area contributed by atoms with E-state index >= 15 is 0 Å². The Balaban J connectivity index is 1.64. The van der Waals surface area contributed by atoms with Crippen LogP contribution in [0.3, 0.4) is 0 Å². The van der Waals surface area contributed by atoms with Gasteiger partial charge in [0.05, 0.1) is 18.6 Å². The van der Waals surface area contributed by atoms with Crippen LogP contribution in [0.2, 0.25) is 0 Å². The third-order valence-electron chi connectivity index (χ3n) is 5.57. The molecule has 0 amide bonds. The Kier molecular flexibility index (Phi) is 5.43. The first-order chi connectivity index (χ1) is 11.6. The van der Waals surface area contributed by atoms with E-state index in [4.69, 9.17) is 4.74 Å². The summed E-state index contributed by atoms with van der Waals surface area (Å²) in [5.74, 6) is 1.00. The molecule has 24 heavy (non-hydrogen) atoms. The second kappa shape index (κ2) is 7.55. The maximum absolute atomic E-state index is 9.27. The van der Waals surface area contributed by atoms with E-state index in [0.717, 1.165) is 44.8 Å². The number of rotatable bonds is 5. The third kappa shape index (κ3) is 4.09. The van der Waals surface area contributed by atoms with Gasteiger partial charge in [-0.2, -0.15) is 5.26 Å². The highest BCUT2D eigenvalue weighted by Crippen LogP contribution is 2.31. The van der Waals surface area contributed by atoms with Gasteiger partial charge in [-0.3, -0.25) is 9.80 Å². The number of nitrogens with zero attached hydrogens (tertiary/aromatic N) is 3. The van der Waals surface area contributed by atoms with Crippen LogP contribution in [0, 0.1) is 16.7 Å². The van der Waals surface area contributed by atoms with Gasteiger partial charge < -0.3 is 4.74 Å². The number of hydrogen-bond donors (Lipinski definition) is 0. The summed E-state index contributed by atoms with van der Waals surface area (Å²) in [5.41, 5.74) is 2.53. The largest absolute Gasteiger partial charge is 0.496 e. The standard InChI is InChI=1S/C20H29N3O/c1-20(16-21)7-11-23(12-8-20)14-17-5-6-19(24-2)18(13-17)15-22-9-3-4-10-22/h5-6,13H,3-4,7-12,14-15H2,1-2H3. The summed E-state index contributed by atoms with van der Waals surface area (Å²) >= 11 is 0. The van der Waals surface area contributed by atoms with Crippen molar-refractivity contribution in [1.29, 1.82) is 5.26 Å². The van der Waals surface area contributed by atoms with Gasteiger partial charge in [0.2, 0.25) is 0 Å². The molecule has 2 aliphatic heterocycles. The first-order valence-corrected chi connectivity index (χ1v) is 9.14. The summed E-state index contributed by atoms with van der Waals surface area (Å²) in [6, 6.07) is 9.10. The van der Waals surface area contributed by atoms with Crippen LogP contribution in [0.25, 0.3) is 0 Å². The van der Waals surface area contributed by atoms with E-state index in [-0.39, 0.29) is 5.41 Å². The molecular formula is C20H29N3O. The maximum atomic E-state index is 9.27. The van der Waals surface area contributed by atoms with Crippen molar-refractivity contribution in [2.45, 2.75) is 45.7 Å². The van der Waals surface area contributed by atoms with E-state index in [9.17, 15) is 5.26 Å². The summed E-state index contributed by atoms with van der Waals surface area (Å²) in [6.45, 7) is 8.47. The Morgan fingerprint density at radius 3 is 2.38 bits per heavy atom. The molecule has 2 aliphatic rings. The van der Waals surface area contributed by atoms with Crippen molar-refractivity contribution >= 4 is 0 Å². The number of likely N-dealkylation sites (tertiary alicyclic amines) is 2. The summed E-state index contributed by atoms with van der Waals surface area (Å²) in [7, 11) is 1.76. The fourth-order valence-electron chi connectivity index (χ4n) is 3.81. The topological polar surface area (TPSA) is 39.5 Å². The van der Waals surface area contributed by atoms with Crippen LogP contribution in [-0.4, -0.2) is 43.1 Å². The van der Waals surface area contributed by atoms with Crippen molar-refractivity contribution in [1.82, 2.24) is 9.80 Å². The number of ether oxygens (including phenoxy) is 1. The minimum absolute atomic E-state index is 0.128. The van der Waals surface area contributed by atoms with Crippen LogP contribution in [0.5, 0.6) is 5.75 Å². The van der Waals surface area contributed by atoms with E-state index in [1.54, 1.807) is 7.11 Å². The van der Waals surface area contributed by atoms with Gasteiger partial charge in [-0.25, -0.2) is 0 Å². The quantitative estimate of drug-likeness (QED) is 0.831. The predicted molar refractivity (Wildman–Crippen MR) is 95.7 cm³/mol. The molecule has 0 aromatic heterocycles. The number of hydrogen-bond acceptors (Lipinski definition) is 4. The molecule has 4 heteroatoms. The van der Waals surface area contributed by atoms with Crippen LogP contribution < -0.4 is 4.74 Å². The molecule has 3 rings (SSSR count). The zero-order valence-corrected chi connectivity index (χ0v) is 15.1. The van der Waals surface area contributed by atoms with Crippen LogP contribution in [0.4, 0.5) is 0 Å². The van der Waals surface area contributed by atoms with Crippen molar-refractivity contribution < 1.29 is 4.74 Å². The molecule has 1 aromatic carbocycles. The lowest BCUT2D eigenvalue weighted by Gasteiger charge is -2.35. The van der Waals surface area contributed by atoms with Crippen LogP contribution in [0.1, 0.15) is 43.7 Å². The van der Waals surface area contributed by atoms with Crippen molar-refractivity contribution in [3.8, 4) is 11.8 Å². The fraction of sp³-hybridized carbons (Fsp3) is 0.650. The molecule has 2 fully saturated rings. The van der Waals surface area contributed by atoms with Crippen molar-refractivity contribution in [2.24, 2.45) is 5.41 Å². The molecule has 0 unspecified atom stereocenters. The molecule has 0 spiro atoms. The highest BCUT2D eigenvalue weighted by atomic mass is 16.5. The lowest BCUT2D eigenvalue weighted by Crippen LogP contribution is -2.37. The summed E-state index contributed by atoms with van der Waals surface area (Å²) in [5, 5.41) is 9.27. The molecule has 0 atom stereocenters. The molecular weight excluding hydrogens is 298 g/mol. The Bertz CT molecular complexity index is 593. The van der Waals surface area contributed by atoms with Gasteiger partial charge in [0, 0.05) is 18.7 Å². The zero-order chi connectivity index (χ0) is 17.0. The van der Waals surface area contributed by atoms with Crippen LogP contribution >= 0.6 is 0 Å². The van der Waals surface area contributed by atoms with Gasteiger partial charge in [0.25, 0.3) is 0 Å². The number of piperidine rings is 1. The molecule has 0 aliphatic carbocycles. The molecule has 0 N–H and O–H groups in total. The van der Waals surface area contributed by atoms with E-state index in [0.29, 0.717) is 0 Å². The lowest BCUT2D eigenvalue weighted by atomic mass is 9.82. The number of benzene rings is 1. The second-order valence-electron chi connectivity index (χ2n) is 7.58. The fourth-order valence-corrected chi connectivity index (χ4v) is 3.81. The van der Waals surface area contributed by atoms with Gasteiger partial charge in [0.15, 0.2) is 0 Å². The Hall–Kier alpha value is -1.57. The first-order valence-electron chi connectivity index (χ1n) is 9.14. The van der Waals surface area contributed by atoms with Crippen molar-refractivity contribution in [2.75, 3.05) is 33.3 Å². The molecule has 1 aromatic rings. The minimum atomic E-state index is -0.128. The average molecular weight is 327 g/mol. The Morgan fingerprint density at radius 1 is 1.08 bits per heavy atom. The number of nitriles is 1. The van der Waals surface area contributed by atoms with E-state index in [1.165, 1.54) is 37.1 Å². The SMILES string of the molecule is COc1ccc(CN2CCC(C)(C#N)CC2)cc1CN1CCCC1. The molecule has 4 nitrogen and oxygen atoms in total. The summed E-state index contributed by atoms with van der Waals surface area (Å²) < 4.78 is 5.57. The molecule has 130 valence electrons. The highest BCUT2D eigenvalue weighted by molar-refractivity contribution is 5.37. The summed E-state index contributed by atoms with van der Waals surface area (Å²) in [4.78, 5) is 4.99. The van der Waals surface area contributed by atoms with Gasteiger partial charge >= 0.3 is 0 Å². The lowest BCUT2D eigenvalue weighted by molar-refractivity contribution is 0.150. The smallest absolute Gasteiger partial charge is 0.123 e. The monoisotopic (exact) mass is 327 g/mol. The molecule has 2 saturated heterocycles. The van der Waals surface area contributed by atoms with Crippen LogP contribution in [0.15, 0.2) is 18.2 Å². The van der Waals surface area contributed by atoms with Crippen molar-refractivity contribution in [3.63, 3.8) is 0 Å². The first kappa shape index (κ1) is 17.3. The van der Waals surface area contributed by atoms with Crippen LogP contribution in [-0.2, 0) is 13.1 Å². The van der Waals surface area contributed by atoms with Gasteiger partial charge in [-0.1, -0.05) is 6.07 Å². The molecule has 2 heterocycles. The Morgan fingerprint density at radius 2 is 1.75 bits per heavy atom. The highest BCUT2D eigenvalue weighted by Gasteiger charge is 2.29. The predicted octanol–water partition coefficient (Wildman–Crippen LogP) is 3.42.